The van der Waals surface area contributed by atoms with Crippen LogP contribution in [0.15, 0.2) is 0 Å². The largest absolute Gasteiger partial charge is 0.444 e. The van der Waals surface area contributed by atoms with Crippen LogP contribution in [-0.2, 0) is 22.5 Å². The van der Waals surface area contributed by atoms with Crippen molar-refractivity contribution in [2.75, 3.05) is 6.54 Å². The van der Waals surface area contributed by atoms with E-state index in [9.17, 15) is 9.59 Å². The smallest absolute Gasteiger partial charge is 0.407 e. The van der Waals surface area contributed by atoms with E-state index in [0.717, 1.165) is 49.2 Å². The molecule has 1 aromatic rings. The molecule has 7 heteroatoms. The van der Waals surface area contributed by atoms with Crippen molar-refractivity contribution in [3.63, 3.8) is 0 Å². The van der Waals surface area contributed by atoms with E-state index in [1.807, 2.05) is 39.3 Å². The Morgan fingerprint density at radius 2 is 1.94 bits per heavy atom. The van der Waals surface area contributed by atoms with Crippen molar-refractivity contribution >= 4 is 12.0 Å². The van der Waals surface area contributed by atoms with E-state index < -0.39 is 17.2 Å². The van der Waals surface area contributed by atoms with Gasteiger partial charge in [0.15, 0.2) is 0 Å². The fourth-order valence-corrected chi connectivity index (χ4v) is 4.45. The quantitative estimate of drug-likeness (QED) is 0.670. The van der Waals surface area contributed by atoms with Crippen molar-refractivity contribution in [2.24, 2.45) is 11.8 Å². The molecule has 1 heterocycles. The highest BCUT2D eigenvalue weighted by Gasteiger charge is 2.40. The number of aromatic nitrogens is 2. The van der Waals surface area contributed by atoms with Gasteiger partial charge in [-0.3, -0.25) is 9.48 Å². The van der Waals surface area contributed by atoms with Gasteiger partial charge < -0.3 is 15.4 Å². The molecule has 0 aromatic carbocycles. The number of amides is 2. The van der Waals surface area contributed by atoms with E-state index in [2.05, 4.69) is 36.5 Å². The molecular formula is C24H42N4O3. The van der Waals surface area contributed by atoms with Gasteiger partial charge >= 0.3 is 6.09 Å². The van der Waals surface area contributed by atoms with E-state index >= 15 is 0 Å². The molecule has 1 fully saturated rings. The standard InChI is InChI=1S/C24H42N4O3/c1-16(2)14-28-19(5)20(18(4)27-28)13-21(29)26-24(12-10-9-11-17(24)3)15-25-22(30)31-23(6,7)8/h16-17H,9-15H2,1-8H3,(H,25,30)(H,26,29)/t17-,24+/m0/s1. The van der Waals surface area contributed by atoms with Gasteiger partial charge in [-0.2, -0.15) is 5.10 Å². The highest BCUT2D eigenvalue weighted by molar-refractivity contribution is 5.80. The summed E-state index contributed by atoms with van der Waals surface area (Å²) in [4.78, 5) is 25.4. The van der Waals surface area contributed by atoms with E-state index in [-0.39, 0.29) is 11.8 Å². The molecule has 0 unspecified atom stereocenters. The second-order valence-corrected chi connectivity index (χ2v) is 10.6. The molecular weight excluding hydrogens is 392 g/mol. The molecule has 0 bridgehead atoms. The lowest BCUT2D eigenvalue weighted by atomic mass is 9.73. The van der Waals surface area contributed by atoms with Gasteiger partial charge in [-0.15, -0.1) is 0 Å². The Morgan fingerprint density at radius 1 is 1.26 bits per heavy atom. The summed E-state index contributed by atoms with van der Waals surface area (Å²) in [7, 11) is 0. The molecule has 0 saturated heterocycles. The molecule has 0 radical (unpaired) electrons. The van der Waals surface area contributed by atoms with Crippen LogP contribution in [0.4, 0.5) is 4.79 Å². The average molecular weight is 435 g/mol. The molecule has 0 aliphatic heterocycles. The van der Waals surface area contributed by atoms with Crippen LogP contribution in [0.1, 0.15) is 84.2 Å². The maximum Gasteiger partial charge on any atom is 0.407 e. The summed E-state index contributed by atoms with van der Waals surface area (Å²) in [5, 5.41) is 10.9. The number of nitrogens with zero attached hydrogens (tertiary/aromatic N) is 2. The van der Waals surface area contributed by atoms with E-state index in [1.165, 1.54) is 0 Å². The lowest BCUT2D eigenvalue weighted by molar-refractivity contribution is -0.123. The zero-order valence-corrected chi connectivity index (χ0v) is 20.7. The van der Waals surface area contributed by atoms with E-state index in [0.29, 0.717) is 18.9 Å². The first-order chi connectivity index (χ1) is 14.3. The monoisotopic (exact) mass is 434 g/mol. The molecule has 2 atom stereocenters. The zero-order chi connectivity index (χ0) is 23.4. The molecule has 2 N–H and O–H groups in total. The number of carbonyl (C=O) groups excluding carboxylic acids is 2. The molecule has 1 saturated carbocycles. The average Bonchev–Trinajstić information content (AvgIpc) is 2.88. The van der Waals surface area contributed by atoms with Crippen LogP contribution >= 0.6 is 0 Å². The SMILES string of the molecule is Cc1nn(CC(C)C)c(C)c1CC(=O)N[C@@]1(CNC(=O)OC(C)(C)C)CCCC[C@@H]1C. The Bertz CT molecular complexity index is 779. The summed E-state index contributed by atoms with van der Waals surface area (Å²) >= 11 is 0. The van der Waals surface area contributed by atoms with Crippen molar-refractivity contribution in [1.82, 2.24) is 20.4 Å². The van der Waals surface area contributed by atoms with Crippen LogP contribution in [0.2, 0.25) is 0 Å². The van der Waals surface area contributed by atoms with Crippen molar-refractivity contribution in [3.8, 4) is 0 Å². The van der Waals surface area contributed by atoms with E-state index in [4.69, 9.17) is 4.74 Å². The second kappa shape index (κ2) is 10.0. The van der Waals surface area contributed by atoms with Gasteiger partial charge in [0, 0.05) is 24.3 Å². The minimum absolute atomic E-state index is 0.0185. The van der Waals surface area contributed by atoms with Gasteiger partial charge in [0.05, 0.1) is 17.7 Å². The number of nitrogens with one attached hydrogen (secondary N) is 2. The normalized spacial score (nSPS) is 21.8. The molecule has 1 aliphatic rings. The van der Waals surface area contributed by atoms with Gasteiger partial charge in [0.1, 0.15) is 5.60 Å². The number of ether oxygens (including phenoxy) is 1. The zero-order valence-electron chi connectivity index (χ0n) is 20.7. The predicted octanol–water partition coefficient (Wildman–Crippen LogP) is 4.29. The van der Waals surface area contributed by atoms with Gasteiger partial charge in [-0.25, -0.2) is 4.79 Å². The molecule has 0 spiro atoms. The van der Waals surface area contributed by atoms with Gasteiger partial charge in [0.2, 0.25) is 5.91 Å². The number of alkyl carbamates (subject to hydrolysis) is 1. The topological polar surface area (TPSA) is 85.3 Å². The summed E-state index contributed by atoms with van der Waals surface area (Å²) in [5.41, 5.74) is 1.95. The van der Waals surface area contributed by atoms with E-state index in [1.54, 1.807) is 0 Å². The first-order valence-electron chi connectivity index (χ1n) is 11.6. The fraction of sp³-hybridized carbons (Fsp3) is 0.792. The summed E-state index contributed by atoms with van der Waals surface area (Å²) in [5.74, 6) is 0.742. The predicted molar refractivity (Wildman–Crippen MR) is 123 cm³/mol. The van der Waals surface area contributed by atoms with Gasteiger partial charge in [-0.05, 0) is 59.3 Å². The van der Waals surface area contributed by atoms with Crippen LogP contribution in [0, 0.1) is 25.7 Å². The summed E-state index contributed by atoms with van der Waals surface area (Å²) in [6, 6.07) is 0. The molecule has 2 rings (SSSR count). The minimum Gasteiger partial charge on any atom is -0.444 e. The summed E-state index contributed by atoms with van der Waals surface area (Å²) < 4.78 is 7.41. The lowest BCUT2D eigenvalue weighted by Crippen LogP contribution is -2.61. The second-order valence-electron chi connectivity index (χ2n) is 10.6. The first kappa shape index (κ1) is 25.2. The third-order valence-corrected chi connectivity index (χ3v) is 6.20. The number of carbonyl (C=O) groups is 2. The minimum atomic E-state index is -0.552. The first-order valence-corrected chi connectivity index (χ1v) is 11.6. The number of aryl methyl sites for hydroxylation is 1. The maximum absolute atomic E-state index is 13.1. The number of rotatable bonds is 7. The van der Waals surface area contributed by atoms with Crippen LogP contribution in [0.25, 0.3) is 0 Å². The van der Waals surface area contributed by atoms with Crippen LogP contribution in [0.3, 0.4) is 0 Å². The van der Waals surface area contributed by atoms with Crippen molar-refractivity contribution in [3.05, 3.63) is 17.0 Å². The summed E-state index contributed by atoms with van der Waals surface area (Å²) in [6.07, 6.45) is 3.91. The molecule has 2 amide bonds. The molecule has 7 nitrogen and oxygen atoms in total. The summed E-state index contributed by atoms with van der Waals surface area (Å²) in [6.45, 7) is 17.2. The highest BCUT2D eigenvalue weighted by Crippen LogP contribution is 2.33. The Morgan fingerprint density at radius 3 is 2.52 bits per heavy atom. The number of hydrogen-bond donors (Lipinski definition) is 2. The Hall–Kier alpha value is -2.05. The Kier molecular flexibility index (Phi) is 8.17. The lowest BCUT2D eigenvalue weighted by Gasteiger charge is -2.43. The third-order valence-electron chi connectivity index (χ3n) is 6.20. The third kappa shape index (κ3) is 6.97. The van der Waals surface area contributed by atoms with Crippen LogP contribution in [0.5, 0.6) is 0 Å². The van der Waals surface area contributed by atoms with Crippen molar-refractivity contribution < 1.29 is 14.3 Å². The van der Waals surface area contributed by atoms with Crippen LogP contribution in [-0.4, -0.2) is 39.5 Å². The highest BCUT2D eigenvalue weighted by atomic mass is 16.6. The van der Waals surface area contributed by atoms with Crippen molar-refractivity contribution in [1.29, 1.82) is 0 Å². The molecule has 1 aromatic heterocycles. The van der Waals surface area contributed by atoms with Crippen molar-refractivity contribution in [2.45, 2.75) is 105 Å². The fourth-order valence-electron chi connectivity index (χ4n) is 4.45. The molecule has 1 aliphatic carbocycles. The van der Waals surface area contributed by atoms with Gasteiger partial charge in [-0.1, -0.05) is 33.6 Å². The Labute approximate surface area is 187 Å². The molecule has 31 heavy (non-hydrogen) atoms. The maximum atomic E-state index is 13.1. The molecule has 176 valence electrons. The number of hydrogen-bond acceptors (Lipinski definition) is 4. The van der Waals surface area contributed by atoms with Crippen LogP contribution < -0.4 is 10.6 Å². The van der Waals surface area contributed by atoms with Gasteiger partial charge in [0.25, 0.3) is 0 Å². The Balaban J connectivity index is 2.12.